The molecule has 8 heteroatoms. The number of phenols is 1. The number of aromatic hydroxyl groups is 1. The van der Waals surface area contributed by atoms with Crippen LogP contribution < -0.4 is 19.6 Å². The van der Waals surface area contributed by atoms with E-state index in [2.05, 4.69) is 4.99 Å². The van der Waals surface area contributed by atoms with Crippen LogP contribution in [0.15, 0.2) is 69.6 Å². The maximum absolute atomic E-state index is 13.5. The van der Waals surface area contributed by atoms with Crippen molar-refractivity contribution in [2.24, 2.45) is 4.99 Å². The molecule has 0 bridgehead atoms. The van der Waals surface area contributed by atoms with Gasteiger partial charge in [0, 0.05) is 0 Å². The number of phenolic OH excluding ortho intramolecular Hbond substituents is 1. The molecule has 0 fully saturated rings. The second-order valence-electron chi connectivity index (χ2n) is 7.90. The average molecular weight is 465 g/mol. The number of aromatic nitrogens is 1. The summed E-state index contributed by atoms with van der Waals surface area (Å²) in [5.41, 5.74) is 1.99. The molecule has 4 rings (SSSR count). The molecule has 2 aromatic carbocycles. The molecule has 1 aromatic heterocycles. The number of benzene rings is 2. The number of nitrogens with zero attached hydrogens (tertiary/aromatic N) is 2. The summed E-state index contributed by atoms with van der Waals surface area (Å²) in [6, 6.07) is 13.2. The molecule has 0 spiro atoms. The summed E-state index contributed by atoms with van der Waals surface area (Å²) in [5, 5.41) is 9.77. The zero-order valence-corrected chi connectivity index (χ0v) is 19.6. The second-order valence-corrected chi connectivity index (χ2v) is 8.91. The van der Waals surface area contributed by atoms with E-state index in [9.17, 15) is 14.7 Å². The lowest BCUT2D eigenvalue weighted by molar-refractivity contribution is -0.143. The Hall–Kier alpha value is -3.65. The molecule has 1 aliphatic heterocycles. The van der Waals surface area contributed by atoms with Gasteiger partial charge in [-0.1, -0.05) is 35.6 Å². The second kappa shape index (κ2) is 9.07. The quantitative estimate of drug-likeness (QED) is 0.587. The van der Waals surface area contributed by atoms with Gasteiger partial charge in [0.15, 0.2) is 4.80 Å². The fraction of sp³-hybridized carbons (Fsp3) is 0.240. The van der Waals surface area contributed by atoms with Crippen LogP contribution in [0.25, 0.3) is 6.08 Å². The molecule has 0 saturated heterocycles. The van der Waals surface area contributed by atoms with E-state index in [4.69, 9.17) is 9.47 Å². The van der Waals surface area contributed by atoms with Gasteiger partial charge in [0.2, 0.25) is 0 Å². The van der Waals surface area contributed by atoms with Gasteiger partial charge in [-0.15, -0.1) is 0 Å². The third-order valence-electron chi connectivity index (χ3n) is 5.18. The number of allylic oxidation sites excluding steroid dienone is 1. The minimum absolute atomic E-state index is 0.113. The Morgan fingerprint density at radius 1 is 1.21 bits per heavy atom. The maximum Gasteiger partial charge on any atom is 0.338 e. The van der Waals surface area contributed by atoms with E-state index in [1.54, 1.807) is 70.4 Å². The van der Waals surface area contributed by atoms with E-state index in [1.807, 2.05) is 12.1 Å². The van der Waals surface area contributed by atoms with Crippen molar-refractivity contribution in [1.82, 2.24) is 4.57 Å². The van der Waals surface area contributed by atoms with Gasteiger partial charge < -0.3 is 14.6 Å². The Morgan fingerprint density at radius 3 is 2.58 bits per heavy atom. The standard InChI is InChI=1S/C25H24N2O5S/c1-14(2)32-24(30)21-15(3)26-25-27(22(21)17-8-10-19(31-4)11-9-17)23(29)20(33-25)13-16-6-5-7-18(28)12-16/h5-14,22,28H,1-4H3/b20-13+. The molecule has 2 heterocycles. The normalized spacial score (nSPS) is 15.9. The molecule has 1 unspecified atom stereocenters. The number of hydrogen-bond donors (Lipinski definition) is 1. The lowest BCUT2D eigenvalue weighted by atomic mass is 9.96. The summed E-state index contributed by atoms with van der Waals surface area (Å²) < 4.78 is 12.7. The Balaban J connectivity index is 1.94. The number of carbonyl (C=O) groups is 1. The Labute approximate surface area is 194 Å². The van der Waals surface area contributed by atoms with Crippen LogP contribution in [0, 0.1) is 0 Å². The minimum atomic E-state index is -0.690. The highest BCUT2D eigenvalue weighted by Gasteiger charge is 2.33. The van der Waals surface area contributed by atoms with Gasteiger partial charge in [-0.3, -0.25) is 9.36 Å². The van der Waals surface area contributed by atoms with E-state index in [1.165, 1.54) is 15.9 Å². The number of esters is 1. The topological polar surface area (TPSA) is 90.1 Å². The minimum Gasteiger partial charge on any atom is -0.508 e. The molecule has 0 radical (unpaired) electrons. The molecular formula is C25H24N2O5S. The average Bonchev–Trinajstić information content (AvgIpc) is 3.07. The monoisotopic (exact) mass is 464 g/mol. The fourth-order valence-electron chi connectivity index (χ4n) is 3.73. The van der Waals surface area contributed by atoms with Crippen molar-refractivity contribution in [2.45, 2.75) is 32.9 Å². The van der Waals surface area contributed by atoms with Gasteiger partial charge in [-0.05, 0) is 62.2 Å². The van der Waals surface area contributed by atoms with Gasteiger partial charge in [0.1, 0.15) is 11.5 Å². The van der Waals surface area contributed by atoms with Crippen LogP contribution in [0.3, 0.4) is 0 Å². The van der Waals surface area contributed by atoms with Crippen molar-refractivity contribution in [2.75, 3.05) is 7.11 Å². The smallest absolute Gasteiger partial charge is 0.338 e. The highest BCUT2D eigenvalue weighted by Crippen LogP contribution is 2.31. The summed E-state index contributed by atoms with van der Waals surface area (Å²) in [5.74, 6) is 0.276. The first kappa shape index (κ1) is 22.5. The Bertz CT molecular complexity index is 1410. The molecule has 0 saturated carbocycles. The van der Waals surface area contributed by atoms with Crippen molar-refractivity contribution >= 4 is 23.4 Å². The molecule has 1 atom stereocenters. The maximum atomic E-state index is 13.5. The van der Waals surface area contributed by atoms with Crippen LogP contribution in [-0.2, 0) is 9.53 Å². The number of fused-ring (bicyclic) bond motifs is 1. The van der Waals surface area contributed by atoms with Crippen molar-refractivity contribution < 1.29 is 19.4 Å². The summed E-state index contributed by atoms with van der Waals surface area (Å²) in [7, 11) is 1.58. The molecule has 1 aliphatic rings. The summed E-state index contributed by atoms with van der Waals surface area (Å²) in [6.07, 6.45) is 1.39. The molecular weight excluding hydrogens is 440 g/mol. The number of carbonyl (C=O) groups excluding carboxylic acids is 1. The predicted molar refractivity (Wildman–Crippen MR) is 126 cm³/mol. The van der Waals surface area contributed by atoms with Crippen molar-refractivity contribution in [3.05, 3.63) is 90.6 Å². The van der Waals surface area contributed by atoms with Crippen molar-refractivity contribution in [1.29, 1.82) is 0 Å². The number of hydrogen-bond acceptors (Lipinski definition) is 7. The lowest BCUT2D eigenvalue weighted by Gasteiger charge is -2.25. The third-order valence-corrected chi connectivity index (χ3v) is 6.17. The summed E-state index contributed by atoms with van der Waals surface area (Å²) in [6.45, 7) is 5.31. The van der Waals surface area contributed by atoms with Gasteiger partial charge >= 0.3 is 5.97 Å². The van der Waals surface area contributed by atoms with Gasteiger partial charge in [-0.25, -0.2) is 9.79 Å². The third kappa shape index (κ3) is 4.47. The Morgan fingerprint density at radius 2 is 1.94 bits per heavy atom. The van der Waals surface area contributed by atoms with Crippen LogP contribution in [0.1, 0.15) is 37.9 Å². The molecule has 33 heavy (non-hydrogen) atoms. The first-order valence-corrected chi connectivity index (χ1v) is 11.3. The summed E-state index contributed by atoms with van der Waals surface area (Å²) >= 11 is 1.24. The van der Waals surface area contributed by atoms with Gasteiger partial charge in [0.25, 0.3) is 5.56 Å². The number of thiazole rings is 1. The molecule has 3 aromatic rings. The van der Waals surface area contributed by atoms with Crippen LogP contribution in [-0.4, -0.2) is 28.9 Å². The van der Waals surface area contributed by atoms with Crippen LogP contribution >= 0.6 is 11.3 Å². The highest BCUT2D eigenvalue weighted by atomic mass is 32.1. The predicted octanol–water partition coefficient (Wildman–Crippen LogP) is 2.90. The lowest BCUT2D eigenvalue weighted by Crippen LogP contribution is -2.40. The molecule has 7 nitrogen and oxygen atoms in total. The number of methoxy groups -OCH3 is 1. The van der Waals surface area contributed by atoms with Crippen molar-refractivity contribution in [3.63, 3.8) is 0 Å². The zero-order chi connectivity index (χ0) is 23.7. The molecule has 1 N–H and O–H groups in total. The Kier molecular flexibility index (Phi) is 6.20. The zero-order valence-electron chi connectivity index (χ0n) is 18.7. The van der Waals surface area contributed by atoms with E-state index < -0.39 is 12.0 Å². The first-order valence-electron chi connectivity index (χ1n) is 10.4. The van der Waals surface area contributed by atoms with Gasteiger partial charge in [-0.2, -0.15) is 0 Å². The van der Waals surface area contributed by atoms with E-state index in [0.29, 0.717) is 31.9 Å². The largest absolute Gasteiger partial charge is 0.508 e. The summed E-state index contributed by atoms with van der Waals surface area (Å²) in [4.78, 5) is 31.7. The van der Waals surface area contributed by atoms with E-state index in [0.717, 1.165) is 5.56 Å². The number of rotatable bonds is 5. The first-order chi connectivity index (χ1) is 15.8. The van der Waals surface area contributed by atoms with Crippen LogP contribution in [0.4, 0.5) is 0 Å². The highest BCUT2D eigenvalue weighted by molar-refractivity contribution is 7.07. The van der Waals surface area contributed by atoms with E-state index >= 15 is 0 Å². The van der Waals surface area contributed by atoms with Crippen molar-refractivity contribution in [3.8, 4) is 11.5 Å². The van der Waals surface area contributed by atoms with E-state index in [-0.39, 0.29) is 17.4 Å². The molecule has 0 aliphatic carbocycles. The molecule has 170 valence electrons. The van der Waals surface area contributed by atoms with Crippen LogP contribution in [0.2, 0.25) is 0 Å². The van der Waals surface area contributed by atoms with Crippen LogP contribution in [0.5, 0.6) is 11.5 Å². The number of ether oxygens (including phenoxy) is 2. The SMILES string of the molecule is COc1ccc(C2C(C(=O)OC(C)C)=C(C)N=c3s/c(=C/c4cccc(O)c4)c(=O)n32)cc1. The molecule has 0 amide bonds. The fourth-order valence-corrected chi connectivity index (χ4v) is 4.77. The van der Waals surface area contributed by atoms with Gasteiger partial charge in [0.05, 0.1) is 35.1 Å².